The predicted molar refractivity (Wildman–Crippen MR) is 62.2 cm³/mol. The lowest BCUT2D eigenvalue weighted by Gasteiger charge is -2.20. The van der Waals surface area contributed by atoms with Crippen LogP contribution in [-0.2, 0) is 0 Å². The van der Waals surface area contributed by atoms with Crippen LogP contribution in [0.1, 0.15) is 65.2 Å². The SMILES string of the molecule is CCCCCCC(N)(CCCC)[N+](=O)[O-]. The zero-order chi connectivity index (χ0) is 11.7. The molecule has 0 amide bonds. The second-order valence-electron chi connectivity index (χ2n) is 4.27. The molecule has 1 unspecified atom stereocenters. The number of nitrogens with two attached hydrogens (primary N) is 1. The first-order valence-corrected chi connectivity index (χ1v) is 6.00. The van der Waals surface area contributed by atoms with Crippen LogP contribution in [-0.4, -0.2) is 10.6 Å². The average molecular weight is 216 g/mol. The predicted octanol–water partition coefficient (Wildman–Crippen LogP) is 3.08. The lowest BCUT2D eigenvalue weighted by molar-refractivity contribution is -0.572. The van der Waals surface area contributed by atoms with E-state index in [2.05, 4.69) is 6.92 Å². The van der Waals surface area contributed by atoms with Gasteiger partial charge in [0.25, 0.3) is 5.66 Å². The fourth-order valence-corrected chi connectivity index (χ4v) is 1.65. The smallest absolute Gasteiger partial charge is 0.266 e. The van der Waals surface area contributed by atoms with Gasteiger partial charge >= 0.3 is 0 Å². The molecule has 0 radical (unpaired) electrons. The van der Waals surface area contributed by atoms with E-state index >= 15 is 0 Å². The number of nitrogens with zero attached hydrogens (tertiary/aromatic N) is 1. The van der Waals surface area contributed by atoms with Crippen LogP contribution in [0.5, 0.6) is 0 Å². The fraction of sp³-hybridized carbons (Fsp3) is 1.00. The molecule has 0 bridgehead atoms. The first-order valence-electron chi connectivity index (χ1n) is 6.00. The molecule has 4 nitrogen and oxygen atoms in total. The normalized spacial score (nSPS) is 14.9. The monoisotopic (exact) mass is 216 g/mol. The standard InChI is InChI=1S/C11H24N2O2/c1-3-5-7-8-10-11(12,13(14)15)9-6-4-2/h3-10,12H2,1-2H3. The maximum Gasteiger partial charge on any atom is 0.272 e. The van der Waals surface area contributed by atoms with E-state index in [1.807, 2.05) is 6.92 Å². The van der Waals surface area contributed by atoms with Crippen molar-refractivity contribution in [1.29, 1.82) is 0 Å². The van der Waals surface area contributed by atoms with Crippen molar-refractivity contribution in [2.45, 2.75) is 70.9 Å². The summed E-state index contributed by atoms with van der Waals surface area (Å²) in [6.45, 7) is 4.15. The zero-order valence-corrected chi connectivity index (χ0v) is 10.00. The minimum absolute atomic E-state index is 0.297. The number of nitro groups is 1. The third-order valence-electron chi connectivity index (χ3n) is 2.79. The molecule has 0 aliphatic carbocycles. The molecular formula is C11H24N2O2. The first-order chi connectivity index (χ1) is 7.06. The molecule has 0 aromatic heterocycles. The van der Waals surface area contributed by atoms with E-state index in [0.29, 0.717) is 12.8 Å². The zero-order valence-electron chi connectivity index (χ0n) is 10.00. The number of unbranched alkanes of at least 4 members (excludes halogenated alkanes) is 4. The van der Waals surface area contributed by atoms with Gasteiger partial charge in [0, 0.05) is 17.8 Å². The summed E-state index contributed by atoms with van der Waals surface area (Å²) in [5, 5.41) is 10.9. The summed E-state index contributed by atoms with van der Waals surface area (Å²) in [6.07, 6.45) is 7.02. The van der Waals surface area contributed by atoms with Crippen LogP contribution in [0, 0.1) is 10.1 Å². The van der Waals surface area contributed by atoms with Crippen LogP contribution in [0.2, 0.25) is 0 Å². The Morgan fingerprint density at radius 2 is 1.60 bits per heavy atom. The first kappa shape index (κ1) is 14.4. The molecule has 2 N–H and O–H groups in total. The summed E-state index contributed by atoms with van der Waals surface area (Å²) in [4.78, 5) is 10.6. The Labute approximate surface area is 92.4 Å². The quantitative estimate of drug-likeness (QED) is 0.279. The molecule has 0 saturated carbocycles. The number of rotatable bonds is 9. The highest BCUT2D eigenvalue weighted by molar-refractivity contribution is 4.71. The van der Waals surface area contributed by atoms with Gasteiger partial charge in [0.15, 0.2) is 0 Å². The lowest BCUT2D eigenvalue weighted by atomic mass is 9.97. The highest BCUT2D eigenvalue weighted by Crippen LogP contribution is 2.20. The summed E-state index contributed by atoms with van der Waals surface area (Å²) < 4.78 is 0. The average Bonchev–Trinajstić information content (AvgIpc) is 2.21. The van der Waals surface area contributed by atoms with Gasteiger partial charge in [0.2, 0.25) is 0 Å². The van der Waals surface area contributed by atoms with Crippen molar-refractivity contribution in [3.63, 3.8) is 0 Å². The molecule has 15 heavy (non-hydrogen) atoms. The van der Waals surface area contributed by atoms with Crippen LogP contribution < -0.4 is 5.73 Å². The second kappa shape index (κ2) is 7.63. The molecule has 1 atom stereocenters. The molecule has 0 heterocycles. The summed E-state index contributed by atoms with van der Waals surface area (Å²) >= 11 is 0. The van der Waals surface area contributed by atoms with Crippen molar-refractivity contribution >= 4 is 0 Å². The van der Waals surface area contributed by atoms with Crippen LogP contribution in [0.25, 0.3) is 0 Å². The molecule has 0 aliphatic heterocycles. The maximum atomic E-state index is 10.9. The van der Waals surface area contributed by atoms with E-state index in [1.54, 1.807) is 0 Å². The van der Waals surface area contributed by atoms with Crippen molar-refractivity contribution in [1.82, 2.24) is 0 Å². The van der Waals surface area contributed by atoms with E-state index in [1.165, 1.54) is 0 Å². The van der Waals surface area contributed by atoms with Gasteiger partial charge in [-0.05, 0) is 12.8 Å². The molecule has 0 saturated heterocycles. The van der Waals surface area contributed by atoms with Crippen molar-refractivity contribution in [2.75, 3.05) is 0 Å². The Bertz CT molecular complexity index is 185. The highest BCUT2D eigenvalue weighted by atomic mass is 16.6. The number of hydrogen-bond donors (Lipinski definition) is 1. The third-order valence-corrected chi connectivity index (χ3v) is 2.79. The van der Waals surface area contributed by atoms with Crippen molar-refractivity contribution < 1.29 is 4.92 Å². The van der Waals surface area contributed by atoms with Crippen molar-refractivity contribution in [3.05, 3.63) is 10.1 Å². The largest absolute Gasteiger partial charge is 0.272 e. The highest BCUT2D eigenvalue weighted by Gasteiger charge is 2.36. The van der Waals surface area contributed by atoms with Crippen LogP contribution in [0.15, 0.2) is 0 Å². The summed E-state index contributed by atoms with van der Waals surface area (Å²) in [7, 11) is 0. The van der Waals surface area contributed by atoms with Gasteiger partial charge in [0.1, 0.15) is 0 Å². The van der Waals surface area contributed by atoms with Crippen LogP contribution in [0.4, 0.5) is 0 Å². The van der Waals surface area contributed by atoms with Gasteiger partial charge in [-0.2, -0.15) is 0 Å². The lowest BCUT2D eigenvalue weighted by Crippen LogP contribution is -2.47. The van der Waals surface area contributed by atoms with Gasteiger partial charge in [-0.3, -0.25) is 15.8 Å². The molecule has 0 aliphatic rings. The van der Waals surface area contributed by atoms with Crippen molar-refractivity contribution in [2.24, 2.45) is 5.73 Å². The molecule has 0 aromatic carbocycles. The summed E-state index contributed by atoms with van der Waals surface area (Å²) in [6, 6.07) is 0. The molecule has 4 heteroatoms. The van der Waals surface area contributed by atoms with E-state index in [0.717, 1.165) is 38.5 Å². The van der Waals surface area contributed by atoms with Gasteiger partial charge in [0.05, 0.1) is 0 Å². The van der Waals surface area contributed by atoms with Gasteiger partial charge in [-0.15, -0.1) is 0 Å². The van der Waals surface area contributed by atoms with Crippen molar-refractivity contribution in [3.8, 4) is 0 Å². The summed E-state index contributed by atoms with van der Waals surface area (Å²) in [5.41, 5.74) is 4.63. The Balaban J connectivity index is 3.96. The second-order valence-corrected chi connectivity index (χ2v) is 4.27. The van der Waals surface area contributed by atoms with Crippen LogP contribution in [0.3, 0.4) is 0 Å². The van der Waals surface area contributed by atoms with Crippen LogP contribution >= 0.6 is 0 Å². The number of hydrogen-bond acceptors (Lipinski definition) is 3. The summed E-state index contributed by atoms with van der Waals surface area (Å²) in [5.74, 6) is 0. The van der Waals surface area contributed by atoms with Gasteiger partial charge < -0.3 is 0 Å². The Kier molecular flexibility index (Phi) is 7.30. The third kappa shape index (κ3) is 5.72. The molecular weight excluding hydrogens is 192 g/mol. The molecule has 0 aromatic rings. The van der Waals surface area contributed by atoms with E-state index in [4.69, 9.17) is 5.73 Å². The Hall–Kier alpha value is -0.640. The minimum Gasteiger partial charge on any atom is -0.266 e. The molecule has 90 valence electrons. The topological polar surface area (TPSA) is 69.2 Å². The Morgan fingerprint density at radius 1 is 1.07 bits per heavy atom. The van der Waals surface area contributed by atoms with Gasteiger partial charge in [-0.25, -0.2) is 0 Å². The van der Waals surface area contributed by atoms with E-state index in [9.17, 15) is 10.1 Å². The Morgan fingerprint density at radius 3 is 2.07 bits per heavy atom. The van der Waals surface area contributed by atoms with E-state index in [-0.39, 0.29) is 4.92 Å². The fourth-order valence-electron chi connectivity index (χ4n) is 1.65. The molecule has 0 rings (SSSR count). The minimum atomic E-state index is -1.18. The molecule has 0 spiro atoms. The maximum absolute atomic E-state index is 10.9. The van der Waals surface area contributed by atoms with Gasteiger partial charge in [-0.1, -0.05) is 39.5 Å². The molecule has 0 fully saturated rings. The van der Waals surface area contributed by atoms with E-state index < -0.39 is 5.66 Å².